The minimum atomic E-state index is -1.51. The van der Waals surface area contributed by atoms with Gasteiger partial charge in [-0.1, -0.05) is 104 Å². The van der Waals surface area contributed by atoms with Crippen LogP contribution in [-0.4, -0.2) is 16.1 Å². The zero-order valence-corrected chi connectivity index (χ0v) is 34.6. The van der Waals surface area contributed by atoms with Crippen LogP contribution in [0.25, 0.3) is 32.3 Å². The Bertz CT molecular complexity index is 2780. The lowest BCUT2D eigenvalue weighted by Gasteiger charge is -2.30. The molecule has 0 heterocycles. The lowest BCUT2D eigenvalue weighted by molar-refractivity contribution is 1.29. The van der Waals surface area contributed by atoms with Crippen molar-refractivity contribution in [1.29, 1.82) is 10.5 Å². The monoisotopic (exact) mass is 744 g/mol. The van der Waals surface area contributed by atoms with Crippen molar-refractivity contribution in [2.24, 2.45) is 0 Å². The Morgan fingerprint density at radius 3 is 1.25 bits per heavy atom. The molecule has 0 fully saturated rings. The second-order valence-electron chi connectivity index (χ2n) is 16.6. The Hall–Kier alpha value is -6.19. The normalized spacial score (nSPS) is 11.9. The summed E-state index contributed by atoms with van der Waals surface area (Å²) >= 11 is 0. The van der Waals surface area contributed by atoms with Gasteiger partial charge in [0.2, 0.25) is 0 Å². The van der Waals surface area contributed by atoms with Gasteiger partial charge in [-0.15, -0.1) is 0 Å². The van der Waals surface area contributed by atoms with E-state index in [-0.39, 0.29) is 0 Å². The molecule has 0 saturated carbocycles. The molecule has 6 heteroatoms. The Balaban J connectivity index is 1.39. The van der Waals surface area contributed by atoms with E-state index in [1.54, 1.807) is 0 Å². The first-order valence-electron chi connectivity index (χ1n) is 18.9. The molecule has 0 bridgehead atoms. The summed E-state index contributed by atoms with van der Waals surface area (Å²) in [6.45, 7) is 16.5. The van der Waals surface area contributed by atoms with Crippen LogP contribution < -0.4 is 20.2 Å². The smallest absolute Gasteiger partial charge is 0.0991 e. The summed E-state index contributed by atoms with van der Waals surface area (Å²) in [6, 6.07) is 54.5. The average Bonchev–Trinajstić information content (AvgIpc) is 3.18. The largest absolute Gasteiger partial charge is 0.310 e. The Morgan fingerprint density at radius 2 is 0.800 bits per heavy atom. The highest BCUT2D eigenvalue weighted by Crippen LogP contribution is 2.48. The maximum atomic E-state index is 9.64. The first-order valence-corrected chi connectivity index (χ1v) is 25.9. The molecule has 8 aromatic carbocycles. The third-order valence-electron chi connectivity index (χ3n) is 10.9. The van der Waals surface area contributed by atoms with E-state index in [9.17, 15) is 10.5 Å². The third-order valence-corrected chi connectivity index (χ3v) is 15.0. The number of hydrogen-bond donors (Lipinski definition) is 0. The Kier molecular flexibility index (Phi) is 8.85. The molecule has 8 aromatic rings. The summed E-state index contributed by atoms with van der Waals surface area (Å²) in [5, 5.41) is 29.3. The van der Waals surface area contributed by atoms with E-state index in [1.807, 2.05) is 36.4 Å². The molecule has 0 aliphatic carbocycles. The van der Waals surface area contributed by atoms with E-state index in [0.717, 1.165) is 39.5 Å². The molecule has 0 aliphatic rings. The molecule has 4 nitrogen and oxygen atoms in total. The molecule has 0 spiro atoms. The summed E-state index contributed by atoms with van der Waals surface area (Å²) in [5.74, 6) is 0. The van der Waals surface area contributed by atoms with E-state index < -0.39 is 16.1 Å². The molecule has 0 unspecified atom stereocenters. The number of nitrogens with zero attached hydrogens (tertiary/aromatic N) is 4. The van der Waals surface area contributed by atoms with Gasteiger partial charge in [-0.3, -0.25) is 0 Å². The summed E-state index contributed by atoms with van der Waals surface area (Å²) in [4.78, 5) is 4.68. The van der Waals surface area contributed by atoms with Crippen LogP contribution in [0.2, 0.25) is 39.3 Å². The summed E-state index contributed by atoms with van der Waals surface area (Å²) in [5.41, 5.74) is 8.82. The number of hydrogen-bond acceptors (Lipinski definition) is 4. The van der Waals surface area contributed by atoms with E-state index in [1.165, 1.54) is 42.9 Å². The van der Waals surface area contributed by atoms with E-state index in [2.05, 4.69) is 171 Å². The molecule has 8 rings (SSSR count). The zero-order valence-electron chi connectivity index (χ0n) is 32.6. The first-order chi connectivity index (χ1) is 26.4. The van der Waals surface area contributed by atoms with E-state index in [4.69, 9.17) is 0 Å². The Morgan fingerprint density at radius 1 is 0.418 bits per heavy atom. The van der Waals surface area contributed by atoms with Crippen LogP contribution in [0.1, 0.15) is 16.7 Å². The molecule has 55 heavy (non-hydrogen) atoms. The topological polar surface area (TPSA) is 54.1 Å². The predicted octanol–water partition coefficient (Wildman–Crippen LogP) is 12.7. The fourth-order valence-corrected chi connectivity index (χ4v) is 10.2. The Labute approximate surface area is 326 Å². The van der Waals surface area contributed by atoms with Gasteiger partial charge in [-0.25, -0.2) is 0 Å². The third kappa shape index (κ3) is 6.44. The van der Waals surface area contributed by atoms with Crippen molar-refractivity contribution in [1.82, 2.24) is 0 Å². The lowest BCUT2D eigenvalue weighted by Crippen LogP contribution is -2.37. The summed E-state index contributed by atoms with van der Waals surface area (Å²) in [6.07, 6.45) is 0. The molecule has 0 radical (unpaired) electrons. The molecule has 0 aliphatic heterocycles. The van der Waals surface area contributed by atoms with Gasteiger partial charge in [0.25, 0.3) is 0 Å². The van der Waals surface area contributed by atoms with Gasteiger partial charge in [-0.2, -0.15) is 10.5 Å². The molecule has 0 aromatic heterocycles. The highest BCUT2D eigenvalue weighted by atomic mass is 28.3. The molecule has 0 N–H and O–H groups in total. The summed E-state index contributed by atoms with van der Waals surface area (Å²) < 4.78 is 0. The molecular formula is C49H44N4Si2. The van der Waals surface area contributed by atoms with Crippen molar-refractivity contribution >= 4 is 93.0 Å². The average molecular weight is 745 g/mol. The van der Waals surface area contributed by atoms with Gasteiger partial charge in [0.05, 0.1) is 50.8 Å². The minimum absolute atomic E-state index is 0.637. The van der Waals surface area contributed by atoms with Crippen molar-refractivity contribution in [3.8, 4) is 12.1 Å². The maximum Gasteiger partial charge on any atom is 0.0991 e. The van der Waals surface area contributed by atoms with Crippen molar-refractivity contribution in [2.75, 3.05) is 9.80 Å². The number of aryl methyl sites for hydroxylation is 1. The van der Waals surface area contributed by atoms with E-state index >= 15 is 0 Å². The van der Waals surface area contributed by atoms with Crippen molar-refractivity contribution in [2.45, 2.75) is 46.2 Å². The molecule has 0 saturated heterocycles. The quantitative estimate of drug-likeness (QED) is 0.115. The maximum absolute atomic E-state index is 9.64. The van der Waals surface area contributed by atoms with Gasteiger partial charge >= 0.3 is 0 Å². The number of nitriles is 2. The SMILES string of the molecule is Cc1cc(N(c2ccc(C#N)cc2)c2ccc([Si](C)(C)C)cc2)c2ccc3ccc(N(c4ccc(C#N)cc4)c4ccc([Si](C)(C)C)cc4)c4ccc1c2c34. The lowest BCUT2D eigenvalue weighted by atomic mass is 9.89. The zero-order chi connectivity index (χ0) is 38.6. The molecule has 268 valence electrons. The molecular weight excluding hydrogens is 701 g/mol. The van der Waals surface area contributed by atoms with Crippen molar-refractivity contribution in [3.63, 3.8) is 0 Å². The van der Waals surface area contributed by atoms with Crippen molar-refractivity contribution < 1.29 is 0 Å². The fourth-order valence-electron chi connectivity index (χ4n) is 7.86. The molecule has 0 atom stereocenters. The number of rotatable bonds is 8. The van der Waals surface area contributed by atoms with Crippen LogP contribution in [0.4, 0.5) is 34.1 Å². The minimum Gasteiger partial charge on any atom is -0.310 e. The van der Waals surface area contributed by atoms with E-state index in [0.29, 0.717) is 11.1 Å². The second kappa shape index (κ2) is 13.6. The second-order valence-corrected chi connectivity index (χ2v) is 26.8. The highest BCUT2D eigenvalue weighted by Gasteiger charge is 2.24. The highest BCUT2D eigenvalue weighted by molar-refractivity contribution is 6.89. The van der Waals surface area contributed by atoms with Gasteiger partial charge in [0.1, 0.15) is 0 Å². The first kappa shape index (κ1) is 35.8. The van der Waals surface area contributed by atoms with Crippen LogP contribution in [0.3, 0.4) is 0 Å². The van der Waals surface area contributed by atoms with Crippen LogP contribution in [0.15, 0.2) is 140 Å². The van der Waals surface area contributed by atoms with Crippen molar-refractivity contribution in [3.05, 3.63) is 156 Å². The van der Waals surface area contributed by atoms with Crippen LogP contribution in [0, 0.1) is 29.6 Å². The molecule has 0 amide bonds. The van der Waals surface area contributed by atoms with Gasteiger partial charge in [0.15, 0.2) is 0 Å². The van der Waals surface area contributed by atoms with Crippen LogP contribution in [0.5, 0.6) is 0 Å². The van der Waals surface area contributed by atoms with Crippen LogP contribution >= 0.6 is 0 Å². The van der Waals surface area contributed by atoms with Gasteiger partial charge in [-0.05, 0) is 119 Å². The standard InChI is InChI=1S/C49H44N4Si2/c1-33-30-47(53(38-16-10-35(32-51)11-17-38)40-20-24-42(25-21-40)55(5,6)7)45-26-12-36-13-29-46(44-28-27-43(33)49(45)48(36)44)52(37-14-8-34(31-50)9-15-37)39-18-22-41(23-19-39)54(2,3)4/h8-30H,1-7H3. The fraction of sp³-hybridized carbons (Fsp3) is 0.143. The van der Waals surface area contributed by atoms with Crippen LogP contribution in [-0.2, 0) is 0 Å². The summed E-state index contributed by atoms with van der Waals surface area (Å²) in [7, 11) is -3.02. The van der Waals surface area contributed by atoms with Gasteiger partial charge in [0, 0.05) is 33.5 Å². The number of anilines is 6. The van der Waals surface area contributed by atoms with Gasteiger partial charge < -0.3 is 9.80 Å². The predicted molar refractivity (Wildman–Crippen MR) is 240 cm³/mol. The number of benzene rings is 8.